The lowest BCUT2D eigenvalue weighted by molar-refractivity contribution is 0.576. The van der Waals surface area contributed by atoms with Crippen molar-refractivity contribution in [3.63, 3.8) is 0 Å². The Morgan fingerprint density at radius 1 is 1.12 bits per heavy atom. The van der Waals surface area contributed by atoms with E-state index in [9.17, 15) is 8.42 Å². The van der Waals surface area contributed by atoms with Crippen LogP contribution in [0.15, 0.2) is 54.7 Å². The molecule has 0 amide bonds. The zero-order valence-electron chi connectivity index (χ0n) is 18.4. The van der Waals surface area contributed by atoms with Crippen molar-refractivity contribution in [2.45, 2.75) is 18.5 Å². The number of anilines is 4. The zero-order chi connectivity index (χ0) is 23.3. The van der Waals surface area contributed by atoms with Gasteiger partial charge in [-0.25, -0.2) is 23.4 Å². The predicted octanol–water partition coefficient (Wildman–Crippen LogP) is 3.42. The first kappa shape index (κ1) is 21.3. The standard InChI is InChI=1S/C23H23N7O2S2/c1-34(31,32)29-15-5-2-4-14(8-15)23-26-18-10-21(25-12-19(18)33-23)27-20-6-3-7-22(28-20)30-13-16-9-17(30)11-24-16/h2-8,10,12,16-17,24,29H,9,11,13H2,1H3,(H,25,27,28)/t16-,17-/m0/s1. The highest BCUT2D eigenvalue weighted by molar-refractivity contribution is 7.92. The summed E-state index contributed by atoms with van der Waals surface area (Å²) in [4.78, 5) is 16.5. The number of sulfonamides is 1. The number of hydrogen-bond acceptors (Lipinski definition) is 9. The summed E-state index contributed by atoms with van der Waals surface area (Å²) in [6.07, 6.45) is 4.11. The minimum absolute atomic E-state index is 0.507. The third-order valence-corrected chi connectivity index (χ3v) is 7.69. The fourth-order valence-electron chi connectivity index (χ4n) is 4.58. The van der Waals surface area contributed by atoms with Crippen molar-refractivity contribution < 1.29 is 8.42 Å². The van der Waals surface area contributed by atoms with Gasteiger partial charge in [0.1, 0.15) is 22.5 Å². The van der Waals surface area contributed by atoms with Gasteiger partial charge in [-0.05, 0) is 30.7 Å². The quantitative estimate of drug-likeness (QED) is 0.375. The lowest BCUT2D eigenvalue weighted by Gasteiger charge is -2.28. The molecule has 0 radical (unpaired) electrons. The molecule has 2 aliphatic rings. The van der Waals surface area contributed by atoms with E-state index < -0.39 is 10.0 Å². The van der Waals surface area contributed by atoms with Crippen LogP contribution in [0.25, 0.3) is 20.8 Å². The van der Waals surface area contributed by atoms with E-state index in [1.54, 1.807) is 24.4 Å². The largest absolute Gasteiger partial charge is 0.351 e. The topological polar surface area (TPSA) is 112 Å². The Bertz CT molecular complexity index is 1490. The number of benzene rings is 1. The highest BCUT2D eigenvalue weighted by atomic mass is 32.2. The van der Waals surface area contributed by atoms with Gasteiger partial charge in [0.2, 0.25) is 10.0 Å². The van der Waals surface area contributed by atoms with Crippen LogP contribution >= 0.6 is 11.3 Å². The smallest absolute Gasteiger partial charge is 0.229 e. The number of hydrogen-bond donors (Lipinski definition) is 3. The van der Waals surface area contributed by atoms with Crippen LogP contribution in [-0.4, -0.2) is 54.8 Å². The van der Waals surface area contributed by atoms with Crippen LogP contribution in [0, 0.1) is 0 Å². The van der Waals surface area contributed by atoms with E-state index in [1.165, 1.54) is 17.8 Å². The SMILES string of the molecule is CS(=O)(=O)Nc1cccc(-c2nc3cc(Nc4cccc(N5C[C@@H]6C[C@H]5CN6)n4)ncc3s2)c1. The molecule has 6 rings (SSSR count). The summed E-state index contributed by atoms with van der Waals surface area (Å²) in [6.45, 7) is 2.01. The Hall–Kier alpha value is -3.28. The lowest BCUT2D eigenvalue weighted by Crippen LogP contribution is -2.44. The first-order chi connectivity index (χ1) is 16.4. The second-order valence-electron chi connectivity index (χ2n) is 8.66. The van der Waals surface area contributed by atoms with Crippen molar-refractivity contribution >= 4 is 54.7 Å². The number of rotatable bonds is 6. The average molecular weight is 494 g/mol. The lowest BCUT2D eigenvalue weighted by atomic mass is 10.2. The third kappa shape index (κ3) is 4.29. The van der Waals surface area contributed by atoms with Crippen LogP contribution in [-0.2, 0) is 10.0 Å². The summed E-state index contributed by atoms with van der Waals surface area (Å²) in [5, 5.41) is 7.63. The van der Waals surface area contributed by atoms with Gasteiger partial charge in [0, 0.05) is 48.7 Å². The van der Waals surface area contributed by atoms with Crippen LogP contribution in [0.5, 0.6) is 0 Å². The molecule has 2 aliphatic heterocycles. The molecule has 4 aromatic rings. The molecule has 9 nitrogen and oxygen atoms in total. The third-order valence-electron chi connectivity index (χ3n) is 6.03. The molecular weight excluding hydrogens is 470 g/mol. The molecule has 34 heavy (non-hydrogen) atoms. The molecule has 2 bridgehead atoms. The Morgan fingerprint density at radius 2 is 2.00 bits per heavy atom. The molecule has 2 fully saturated rings. The molecule has 174 valence electrons. The van der Waals surface area contributed by atoms with Crippen LogP contribution in [0.2, 0.25) is 0 Å². The van der Waals surface area contributed by atoms with E-state index >= 15 is 0 Å². The highest BCUT2D eigenvalue weighted by Crippen LogP contribution is 2.33. The molecule has 0 spiro atoms. The first-order valence-corrected chi connectivity index (χ1v) is 13.7. The second kappa shape index (κ2) is 8.19. The van der Waals surface area contributed by atoms with Crippen LogP contribution in [0.1, 0.15) is 6.42 Å². The fourth-order valence-corrected chi connectivity index (χ4v) is 6.05. The molecule has 2 atom stereocenters. The van der Waals surface area contributed by atoms with Gasteiger partial charge >= 0.3 is 0 Å². The molecule has 5 heterocycles. The highest BCUT2D eigenvalue weighted by Gasteiger charge is 2.38. The molecule has 0 saturated carbocycles. The summed E-state index contributed by atoms with van der Waals surface area (Å²) in [5.74, 6) is 2.40. The van der Waals surface area contributed by atoms with E-state index in [0.717, 1.165) is 51.8 Å². The van der Waals surface area contributed by atoms with E-state index in [0.29, 0.717) is 23.6 Å². The van der Waals surface area contributed by atoms with Crippen LogP contribution < -0.4 is 20.3 Å². The summed E-state index contributed by atoms with van der Waals surface area (Å²) >= 11 is 1.51. The minimum atomic E-state index is -3.34. The molecule has 11 heteroatoms. The number of fused-ring (bicyclic) bond motifs is 3. The number of piperazine rings is 1. The molecule has 2 saturated heterocycles. The van der Waals surface area contributed by atoms with E-state index in [2.05, 4.69) is 31.3 Å². The Morgan fingerprint density at radius 3 is 2.79 bits per heavy atom. The van der Waals surface area contributed by atoms with Gasteiger partial charge in [-0.15, -0.1) is 11.3 Å². The van der Waals surface area contributed by atoms with Gasteiger partial charge in [-0.1, -0.05) is 18.2 Å². The zero-order valence-corrected chi connectivity index (χ0v) is 20.0. The maximum absolute atomic E-state index is 11.6. The Labute approximate surface area is 201 Å². The normalized spacial score (nSPS) is 19.6. The molecule has 3 N–H and O–H groups in total. The Balaban J connectivity index is 1.24. The van der Waals surface area contributed by atoms with E-state index in [4.69, 9.17) is 9.97 Å². The molecule has 0 aliphatic carbocycles. The summed E-state index contributed by atoms with van der Waals surface area (Å²) in [7, 11) is -3.34. The van der Waals surface area contributed by atoms with Gasteiger partial charge in [0.25, 0.3) is 0 Å². The number of nitrogens with zero attached hydrogens (tertiary/aromatic N) is 4. The fraction of sp³-hybridized carbons (Fsp3) is 0.261. The van der Waals surface area contributed by atoms with E-state index in [1.807, 2.05) is 24.3 Å². The first-order valence-electron chi connectivity index (χ1n) is 11.0. The van der Waals surface area contributed by atoms with Crippen molar-refractivity contribution in [1.29, 1.82) is 0 Å². The number of aromatic nitrogens is 3. The summed E-state index contributed by atoms with van der Waals surface area (Å²) in [5.41, 5.74) is 2.17. The number of nitrogens with one attached hydrogen (secondary N) is 3. The summed E-state index contributed by atoms with van der Waals surface area (Å²) in [6, 6.07) is 16.2. The van der Waals surface area contributed by atoms with Crippen LogP contribution in [0.4, 0.5) is 23.1 Å². The summed E-state index contributed by atoms with van der Waals surface area (Å²) < 4.78 is 26.6. The van der Waals surface area contributed by atoms with Crippen molar-refractivity contribution in [2.75, 3.05) is 34.3 Å². The van der Waals surface area contributed by atoms with E-state index in [-0.39, 0.29) is 0 Å². The van der Waals surface area contributed by atoms with Crippen molar-refractivity contribution in [1.82, 2.24) is 20.3 Å². The second-order valence-corrected chi connectivity index (χ2v) is 11.4. The molecular formula is C23H23N7O2S2. The van der Waals surface area contributed by atoms with Crippen molar-refractivity contribution in [2.24, 2.45) is 0 Å². The van der Waals surface area contributed by atoms with Gasteiger partial charge in [0.05, 0.1) is 16.5 Å². The maximum atomic E-state index is 11.6. The average Bonchev–Trinajstić information content (AvgIpc) is 3.54. The van der Waals surface area contributed by atoms with Gasteiger partial charge in [-0.3, -0.25) is 4.72 Å². The molecule has 3 aromatic heterocycles. The van der Waals surface area contributed by atoms with Gasteiger partial charge < -0.3 is 15.5 Å². The maximum Gasteiger partial charge on any atom is 0.229 e. The molecule has 1 aromatic carbocycles. The van der Waals surface area contributed by atoms with Gasteiger partial charge in [0.15, 0.2) is 0 Å². The molecule has 0 unspecified atom stereocenters. The van der Waals surface area contributed by atoms with Gasteiger partial charge in [-0.2, -0.15) is 0 Å². The monoisotopic (exact) mass is 493 g/mol. The Kier molecular flexibility index (Phi) is 5.12. The predicted molar refractivity (Wildman–Crippen MR) is 136 cm³/mol. The van der Waals surface area contributed by atoms with Crippen molar-refractivity contribution in [3.8, 4) is 10.6 Å². The van der Waals surface area contributed by atoms with Crippen molar-refractivity contribution in [3.05, 3.63) is 54.7 Å². The minimum Gasteiger partial charge on any atom is -0.351 e. The van der Waals surface area contributed by atoms with Crippen LogP contribution in [0.3, 0.4) is 0 Å². The number of thiazole rings is 1. The number of pyridine rings is 2.